The van der Waals surface area contributed by atoms with Crippen LogP contribution in [0.1, 0.15) is 21.1 Å². The summed E-state index contributed by atoms with van der Waals surface area (Å²) < 4.78 is 1.19. The molecule has 3 nitrogen and oxygen atoms in total. The lowest BCUT2D eigenvalue weighted by Gasteiger charge is -2.03. The number of rotatable bonds is 3. The van der Waals surface area contributed by atoms with Gasteiger partial charge >= 0.3 is 0 Å². The first kappa shape index (κ1) is 11.7. The molecule has 2 rings (SSSR count). The molecule has 0 saturated heterocycles. The third-order valence-electron chi connectivity index (χ3n) is 2.48. The van der Waals surface area contributed by atoms with Crippen molar-refractivity contribution in [2.24, 2.45) is 0 Å². The van der Waals surface area contributed by atoms with Crippen molar-refractivity contribution >= 4 is 33.0 Å². The molecule has 2 N–H and O–H groups in total. The van der Waals surface area contributed by atoms with Gasteiger partial charge in [0.15, 0.2) is 0 Å². The summed E-state index contributed by atoms with van der Waals surface area (Å²) in [5.74, 6) is 0. The van der Waals surface area contributed by atoms with Gasteiger partial charge in [-0.2, -0.15) is 5.10 Å². The molecule has 0 aliphatic heterocycles. The Labute approximate surface area is 107 Å². The first-order valence-electron chi connectivity index (χ1n) is 5.08. The largest absolute Gasteiger partial charge is 0.377 e. The lowest BCUT2D eigenvalue weighted by Crippen LogP contribution is -1.99. The Kier molecular flexibility index (Phi) is 3.35. The Morgan fingerprint density at radius 1 is 1.44 bits per heavy atom. The number of nitrogens with zero attached hydrogens (tertiary/aromatic N) is 1. The Morgan fingerprint density at radius 2 is 2.19 bits per heavy atom. The van der Waals surface area contributed by atoms with Crippen LogP contribution in [0.5, 0.6) is 0 Å². The van der Waals surface area contributed by atoms with E-state index in [-0.39, 0.29) is 0 Å². The first-order valence-corrected chi connectivity index (χ1v) is 6.69. The van der Waals surface area contributed by atoms with Gasteiger partial charge in [-0.1, -0.05) is 0 Å². The topological polar surface area (TPSA) is 40.7 Å². The minimum Gasteiger partial charge on any atom is -0.377 e. The number of aromatic nitrogens is 2. The van der Waals surface area contributed by atoms with Crippen molar-refractivity contribution in [2.45, 2.75) is 27.3 Å². The van der Waals surface area contributed by atoms with Crippen LogP contribution in [0, 0.1) is 20.8 Å². The van der Waals surface area contributed by atoms with Crippen LogP contribution in [0.2, 0.25) is 0 Å². The van der Waals surface area contributed by atoms with Gasteiger partial charge in [0.25, 0.3) is 0 Å². The molecule has 2 heterocycles. The number of H-pyrrole nitrogens is 1. The standard InChI is InChI=1S/C11H14BrN3S/c1-6-11(7(2)15-14-6)13-5-9-4-10(12)8(3)16-9/h4,13H,5H2,1-3H3,(H,14,15). The Morgan fingerprint density at radius 3 is 2.69 bits per heavy atom. The van der Waals surface area contributed by atoms with E-state index in [1.807, 2.05) is 25.2 Å². The molecular formula is C11H14BrN3S. The van der Waals surface area contributed by atoms with E-state index in [1.165, 1.54) is 14.2 Å². The molecule has 0 amide bonds. The highest BCUT2D eigenvalue weighted by molar-refractivity contribution is 9.10. The zero-order valence-electron chi connectivity index (χ0n) is 9.52. The van der Waals surface area contributed by atoms with Crippen molar-refractivity contribution < 1.29 is 0 Å². The van der Waals surface area contributed by atoms with Crippen molar-refractivity contribution in [2.75, 3.05) is 5.32 Å². The van der Waals surface area contributed by atoms with Crippen LogP contribution >= 0.6 is 27.3 Å². The Hall–Kier alpha value is -0.810. The van der Waals surface area contributed by atoms with E-state index < -0.39 is 0 Å². The molecule has 0 spiro atoms. The molecule has 0 fully saturated rings. The second-order valence-corrected chi connectivity index (χ2v) is 5.97. The molecule has 5 heteroatoms. The fourth-order valence-electron chi connectivity index (χ4n) is 1.59. The minimum absolute atomic E-state index is 0.846. The molecule has 0 bridgehead atoms. The molecule has 2 aromatic rings. The number of halogens is 1. The Balaban J connectivity index is 2.08. The summed E-state index contributed by atoms with van der Waals surface area (Å²) in [7, 11) is 0. The average molecular weight is 300 g/mol. The van der Waals surface area contributed by atoms with Crippen LogP contribution in [-0.2, 0) is 6.54 Å². The molecule has 86 valence electrons. The highest BCUT2D eigenvalue weighted by Crippen LogP contribution is 2.27. The second-order valence-electron chi connectivity index (χ2n) is 3.78. The highest BCUT2D eigenvalue weighted by atomic mass is 79.9. The van der Waals surface area contributed by atoms with Gasteiger partial charge in [-0.05, 0) is 42.8 Å². The smallest absolute Gasteiger partial charge is 0.0825 e. The molecule has 2 aromatic heterocycles. The third-order valence-corrected chi connectivity index (χ3v) is 4.61. The lowest BCUT2D eigenvalue weighted by molar-refractivity contribution is 1.02. The number of anilines is 1. The van der Waals surface area contributed by atoms with Crippen LogP contribution in [0.15, 0.2) is 10.5 Å². The van der Waals surface area contributed by atoms with Crippen molar-refractivity contribution in [1.82, 2.24) is 10.2 Å². The van der Waals surface area contributed by atoms with Crippen molar-refractivity contribution in [3.05, 3.63) is 31.7 Å². The summed E-state index contributed by atoms with van der Waals surface area (Å²) in [6.45, 7) is 6.99. The lowest BCUT2D eigenvalue weighted by atomic mass is 10.3. The number of hydrogen-bond donors (Lipinski definition) is 2. The predicted molar refractivity (Wildman–Crippen MR) is 72.1 cm³/mol. The predicted octanol–water partition coefficient (Wildman–Crippen LogP) is 3.77. The number of aromatic amines is 1. The molecule has 0 aliphatic rings. The van der Waals surface area contributed by atoms with Crippen LogP contribution in [0.3, 0.4) is 0 Å². The quantitative estimate of drug-likeness (QED) is 0.906. The van der Waals surface area contributed by atoms with Gasteiger partial charge in [-0.15, -0.1) is 11.3 Å². The summed E-state index contributed by atoms with van der Waals surface area (Å²) in [6.07, 6.45) is 0. The third kappa shape index (κ3) is 2.30. The van der Waals surface area contributed by atoms with Crippen molar-refractivity contribution in [1.29, 1.82) is 0 Å². The molecule has 0 aliphatic carbocycles. The molecule has 16 heavy (non-hydrogen) atoms. The van der Waals surface area contributed by atoms with Gasteiger partial charge in [0.2, 0.25) is 0 Å². The van der Waals surface area contributed by atoms with Gasteiger partial charge in [0, 0.05) is 20.8 Å². The highest BCUT2D eigenvalue weighted by Gasteiger charge is 2.07. The maximum absolute atomic E-state index is 4.16. The number of thiophene rings is 1. The Bertz CT molecular complexity index is 462. The van der Waals surface area contributed by atoms with Crippen LogP contribution in [0.25, 0.3) is 0 Å². The summed E-state index contributed by atoms with van der Waals surface area (Å²) in [4.78, 5) is 2.64. The SMILES string of the molecule is Cc1n[nH]c(C)c1NCc1cc(Br)c(C)s1. The number of aryl methyl sites for hydroxylation is 3. The number of hydrogen-bond acceptors (Lipinski definition) is 3. The average Bonchev–Trinajstić information content (AvgIpc) is 2.70. The monoisotopic (exact) mass is 299 g/mol. The van der Waals surface area contributed by atoms with E-state index in [1.54, 1.807) is 0 Å². The van der Waals surface area contributed by atoms with E-state index in [0.717, 1.165) is 23.6 Å². The van der Waals surface area contributed by atoms with Gasteiger partial charge in [0.05, 0.1) is 17.1 Å². The maximum Gasteiger partial charge on any atom is 0.0825 e. The van der Waals surface area contributed by atoms with E-state index in [0.29, 0.717) is 0 Å². The van der Waals surface area contributed by atoms with Crippen LogP contribution < -0.4 is 5.32 Å². The maximum atomic E-state index is 4.16. The van der Waals surface area contributed by atoms with Gasteiger partial charge < -0.3 is 5.32 Å². The summed E-state index contributed by atoms with van der Waals surface area (Å²) >= 11 is 5.34. The van der Waals surface area contributed by atoms with Crippen molar-refractivity contribution in [3.8, 4) is 0 Å². The van der Waals surface area contributed by atoms with Crippen LogP contribution in [0.4, 0.5) is 5.69 Å². The molecule has 0 radical (unpaired) electrons. The van der Waals surface area contributed by atoms with Gasteiger partial charge in [-0.3, -0.25) is 5.10 Å². The van der Waals surface area contributed by atoms with E-state index in [2.05, 4.69) is 44.4 Å². The van der Waals surface area contributed by atoms with Gasteiger partial charge in [0.1, 0.15) is 0 Å². The molecule has 0 aromatic carbocycles. The van der Waals surface area contributed by atoms with E-state index in [9.17, 15) is 0 Å². The zero-order chi connectivity index (χ0) is 11.7. The number of nitrogens with one attached hydrogen (secondary N) is 2. The molecular weight excluding hydrogens is 286 g/mol. The molecule has 0 saturated carbocycles. The summed E-state index contributed by atoms with van der Waals surface area (Å²) in [6, 6.07) is 2.16. The van der Waals surface area contributed by atoms with Crippen LogP contribution in [-0.4, -0.2) is 10.2 Å². The summed E-state index contributed by atoms with van der Waals surface area (Å²) in [5.41, 5.74) is 3.22. The van der Waals surface area contributed by atoms with Crippen molar-refractivity contribution in [3.63, 3.8) is 0 Å². The molecule has 0 unspecified atom stereocenters. The normalized spacial score (nSPS) is 10.8. The fourth-order valence-corrected chi connectivity index (χ4v) is 3.13. The van der Waals surface area contributed by atoms with E-state index in [4.69, 9.17) is 0 Å². The zero-order valence-corrected chi connectivity index (χ0v) is 11.9. The summed E-state index contributed by atoms with van der Waals surface area (Å²) in [5, 5.41) is 10.5. The van der Waals surface area contributed by atoms with Gasteiger partial charge in [-0.25, -0.2) is 0 Å². The first-order chi connectivity index (χ1) is 7.58. The molecule has 0 atom stereocenters. The van der Waals surface area contributed by atoms with E-state index >= 15 is 0 Å². The fraction of sp³-hybridized carbons (Fsp3) is 0.364. The second kappa shape index (κ2) is 4.59. The minimum atomic E-state index is 0.846.